The number of carbonyl (C=O) groups excluding carboxylic acids is 1. The SMILES string of the molecule is Cc1ccc(SCC(=O)NC(C)C(C)C)nc1. The number of carbonyl (C=O) groups is 1. The fourth-order valence-electron chi connectivity index (χ4n) is 1.14. The number of nitrogens with one attached hydrogen (secondary N) is 1. The molecule has 0 bridgehead atoms. The van der Waals surface area contributed by atoms with E-state index in [2.05, 4.69) is 24.1 Å². The van der Waals surface area contributed by atoms with Gasteiger partial charge in [0.15, 0.2) is 0 Å². The fourth-order valence-corrected chi connectivity index (χ4v) is 1.80. The molecular weight excluding hydrogens is 232 g/mol. The highest BCUT2D eigenvalue weighted by atomic mass is 32.2. The van der Waals surface area contributed by atoms with E-state index in [0.717, 1.165) is 10.6 Å². The van der Waals surface area contributed by atoms with Crippen LogP contribution >= 0.6 is 11.8 Å². The molecule has 3 nitrogen and oxygen atoms in total. The summed E-state index contributed by atoms with van der Waals surface area (Å²) in [4.78, 5) is 15.9. The number of rotatable bonds is 5. The summed E-state index contributed by atoms with van der Waals surface area (Å²) in [5, 5.41) is 3.87. The van der Waals surface area contributed by atoms with Crippen molar-refractivity contribution in [2.75, 3.05) is 5.75 Å². The van der Waals surface area contributed by atoms with Crippen LogP contribution in [0.25, 0.3) is 0 Å². The minimum absolute atomic E-state index is 0.0681. The van der Waals surface area contributed by atoms with Gasteiger partial charge in [-0.2, -0.15) is 0 Å². The van der Waals surface area contributed by atoms with Gasteiger partial charge in [0.05, 0.1) is 10.8 Å². The Labute approximate surface area is 107 Å². The third-order valence-corrected chi connectivity index (χ3v) is 3.57. The van der Waals surface area contributed by atoms with E-state index in [1.54, 1.807) is 0 Å². The zero-order valence-electron chi connectivity index (χ0n) is 10.9. The van der Waals surface area contributed by atoms with Gasteiger partial charge in [-0.25, -0.2) is 4.98 Å². The van der Waals surface area contributed by atoms with Crippen LogP contribution in [0.3, 0.4) is 0 Å². The lowest BCUT2D eigenvalue weighted by molar-refractivity contribution is -0.119. The molecule has 94 valence electrons. The van der Waals surface area contributed by atoms with Crippen LogP contribution in [-0.4, -0.2) is 22.7 Å². The van der Waals surface area contributed by atoms with Crippen molar-refractivity contribution in [2.45, 2.75) is 38.8 Å². The predicted molar refractivity (Wildman–Crippen MR) is 72.1 cm³/mol. The Bertz CT molecular complexity index is 362. The van der Waals surface area contributed by atoms with Crippen molar-refractivity contribution < 1.29 is 4.79 Å². The first kappa shape index (κ1) is 14.0. The molecule has 0 aromatic carbocycles. The minimum Gasteiger partial charge on any atom is -0.353 e. The van der Waals surface area contributed by atoms with E-state index in [1.807, 2.05) is 32.2 Å². The molecular formula is C13H20N2OS. The third kappa shape index (κ3) is 5.22. The number of nitrogens with zero attached hydrogens (tertiary/aromatic N) is 1. The summed E-state index contributed by atoms with van der Waals surface area (Å²) in [7, 11) is 0. The summed E-state index contributed by atoms with van der Waals surface area (Å²) in [6.07, 6.45) is 1.82. The summed E-state index contributed by atoms with van der Waals surface area (Å²) >= 11 is 1.47. The maximum Gasteiger partial charge on any atom is 0.230 e. The lowest BCUT2D eigenvalue weighted by Gasteiger charge is -2.17. The van der Waals surface area contributed by atoms with Crippen molar-refractivity contribution in [3.8, 4) is 0 Å². The molecule has 0 spiro atoms. The number of thioether (sulfide) groups is 1. The molecule has 4 heteroatoms. The fraction of sp³-hybridized carbons (Fsp3) is 0.538. The van der Waals surface area contributed by atoms with Crippen molar-refractivity contribution in [1.82, 2.24) is 10.3 Å². The van der Waals surface area contributed by atoms with Gasteiger partial charge in [-0.3, -0.25) is 4.79 Å². The van der Waals surface area contributed by atoms with Gasteiger partial charge in [0.2, 0.25) is 5.91 Å². The van der Waals surface area contributed by atoms with Crippen LogP contribution in [0.4, 0.5) is 0 Å². The Balaban J connectivity index is 2.35. The van der Waals surface area contributed by atoms with Gasteiger partial charge in [0.1, 0.15) is 0 Å². The van der Waals surface area contributed by atoms with Crippen molar-refractivity contribution in [1.29, 1.82) is 0 Å². The molecule has 1 amide bonds. The molecule has 0 fully saturated rings. The van der Waals surface area contributed by atoms with E-state index in [1.165, 1.54) is 11.8 Å². The van der Waals surface area contributed by atoms with Crippen LogP contribution in [0.2, 0.25) is 0 Å². The molecule has 0 saturated heterocycles. The summed E-state index contributed by atoms with van der Waals surface area (Å²) in [5.74, 6) is 0.952. The van der Waals surface area contributed by atoms with E-state index in [-0.39, 0.29) is 11.9 Å². The van der Waals surface area contributed by atoms with Gasteiger partial charge in [-0.05, 0) is 31.4 Å². The van der Waals surface area contributed by atoms with E-state index in [4.69, 9.17) is 0 Å². The van der Waals surface area contributed by atoms with Gasteiger partial charge in [-0.15, -0.1) is 0 Å². The largest absolute Gasteiger partial charge is 0.353 e. The molecule has 1 unspecified atom stereocenters. The summed E-state index contributed by atoms with van der Waals surface area (Å²) < 4.78 is 0. The maximum atomic E-state index is 11.6. The maximum absolute atomic E-state index is 11.6. The standard InChI is InChI=1S/C13H20N2OS/c1-9(2)11(4)15-12(16)8-17-13-6-5-10(3)7-14-13/h5-7,9,11H,8H2,1-4H3,(H,15,16). The van der Waals surface area contributed by atoms with Crippen LogP contribution in [0.1, 0.15) is 26.3 Å². The van der Waals surface area contributed by atoms with Gasteiger partial charge in [-0.1, -0.05) is 31.7 Å². The Morgan fingerprint density at radius 3 is 2.65 bits per heavy atom. The molecule has 1 rings (SSSR count). The molecule has 0 aliphatic rings. The van der Waals surface area contributed by atoms with Gasteiger partial charge >= 0.3 is 0 Å². The summed E-state index contributed by atoms with van der Waals surface area (Å²) in [5.41, 5.74) is 1.13. The van der Waals surface area contributed by atoms with Gasteiger partial charge in [0, 0.05) is 12.2 Å². The molecule has 1 aromatic heterocycles. The molecule has 0 saturated carbocycles. The molecule has 1 N–H and O–H groups in total. The van der Waals surface area contributed by atoms with Crippen LogP contribution in [0.5, 0.6) is 0 Å². The average molecular weight is 252 g/mol. The zero-order valence-corrected chi connectivity index (χ0v) is 11.7. The highest BCUT2D eigenvalue weighted by Crippen LogP contribution is 2.14. The van der Waals surface area contributed by atoms with Crippen LogP contribution in [-0.2, 0) is 4.79 Å². The Kier molecular flexibility index (Phi) is 5.48. The van der Waals surface area contributed by atoms with Crippen molar-refractivity contribution >= 4 is 17.7 Å². The molecule has 0 aliphatic carbocycles. The number of hydrogen-bond acceptors (Lipinski definition) is 3. The van der Waals surface area contributed by atoms with Gasteiger partial charge < -0.3 is 5.32 Å². The third-order valence-electron chi connectivity index (χ3n) is 2.62. The number of aryl methyl sites for hydroxylation is 1. The highest BCUT2D eigenvalue weighted by molar-refractivity contribution is 7.99. The van der Waals surface area contributed by atoms with Crippen LogP contribution < -0.4 is 5.32 Å². The lowest BCUT2D eigenvalue weighted by atomic mass is 10.1. The highest BCUT2D eigenvalue weighted by Gasteiger charge is 2.10. The molecule has 0 aliphatic heterocycles. The Morgan fingerprint density at radius 2 is 2.12 bits per heavy atom. The first-order valence-electron chi connectivity index (χ1n) is 5.84. The second-order valence-corrected chi connectivity index (χ2v) is 5.56. The quantitative estimate of drug-likeness (QED) is 0.819. The summed E-state index contributed by atoms with van der Waals surface area (Å²) in [6, 6.07) is 4.16. The monoisotopic (exact) mass is 252 g/mol. The van der Waals surface area contributed by atoms with Gasteiger partial charge in [0.25, 0.3) is 0 Å². The molecule has 17 heavy (non-hydrogen) atoms. The smallest absolute Gasteiger partial charge is 0.230 e. The molecule has 1 atom stereocenters. The second kappa shape index (κ2) is 6.64. The Morgan fingerprint density at radius 1 is 1.41 bits per heavy atom. The van der Waals surface area contributed by atoms with E-state index >= 15 is 0 Å². The second-order valence-electron chi connectivity index (χ2n) is 4.56. The topological polar surface area (TPSA) is 42.0 Å². The minimum atomic E-state index is 0.0681. The van der Waals surface area contributed by atoms with E-state index in [0.29, 0.717) is 11.7 Å². The molecule has 1 aromatic rings. The molecule has 0 radical (unpaired) electrons. The Hall–Kier alpha value is -1.03. The first-order valence-corrected chi connectivity index (χ1v) is 6.82. The lowest BCUT2D eigenvalue weighted by Crippen LogP contribution is -2.37. The van der Waals surface area contributed by atoms with Crippen LogP contribution in [0.15, 0.2) is 23.4 Å². The number of pyridine rings is 1. The average Bonchev–Trinajstić information content (AvgIpc) is 2.28. The number of aromatic nitrogens is 1. The van der Waals surface area contributed by atoms with E-state index in [9.17, 15) is 4.79 Å². The van der Waals surface area contributed by atoms with Crippen molar-refractivity contribution in [3.05, 3.63) is 23.9 Å². The molecule has 1 heterocycles. The summed E-state index contributed by atoms with van der Waals surface area (Å²) in [6.45, 7) is 8.22. The van der Waals surface area contributed by atoms with Crippen molar-refractivity contribution in [3.63, 3.8) is 0 Å². The van der Waals surface area contributed by atoms with Crippen LogP contribution in [0, 0.1) is 12.8 Å². The van der Waals surface area contributed by atoms with E-state index < -0.39 is 0 Å². The first-order chi connectivity index (χ1) is 7.99. The zero-order chi connectivity index (χ0) is 12.8. The normalized spacial score (nSPS) is 12.5. The predicted octanol–water partition coefficient (Wildman–Crippen LogP) is 2.64. The van der Waals surface area contributed by atoms with Crippen molar-refractivity contribution in [2.24, 2.45) is 5.92 Å². The number of hydrogen-bond donors (Lipinski definition) is 1. The number of amides is 1.